The minimum atomic E-state index is 0.0787. The molecule has 0 bridgehead atoms. The first kappa shape index (κ1) is 11.8. The second-order valence-corrected chi connectivity index (χ2v) is 2.94. The summed E-state index contributed by atoms with van der Waals surface area (Å²) in [5.41, 5.74) is 0. The second kappa shape index (κ2) is 7.47. The number of carbonyl (C=O) groups excluding carboxylic acids is 2. The molecule has 0 N–H and O–H groups in total. The summed E-state index contributed by atoms with van der Waals surface area (Å²) >= 11 is 0. The first-order valence-electron chi connectivity index (χ1n) is 4.45. The lowest BCUT2D eigenvalue weighted by molar-refractivity contribution is -0.123. The predicted octanol–water partition coefficient (Wildman–Crippen LogP) is 2.45. The number of hydrogen-bond acceptors (Lipinski definition) is 2. The van der Waals surface area contributed by atoms with Crippen molar-refractivity contribution in [2.24, 2.45) is 0 Å². The molecule has 72 valence electrons. The number of carbonyl (C=O) groups is 2. The molecule has 0 aromatic rings. The second-order valence-electron chi connectivity index (χ2n) is 2.94. The summed E-state index contributed by atoms with van der Waals surface area (Å²) in [7, 11) is 0. The van der Waals surface area contributed by atoms with Crippen LogP contribution in [0.3, 0.4) is 0 Å². The van der Waals surface area contributed by atoms with Crippen molar-refractivity contribution in [3.8, 4) is 0 Å². The van der Waals surface area contributed by atoms with Crippen molar-refractivity contribution in [1.29, 1.82) is 0 Å². The van der Waals surface area contributed by atoms with Gasteiger partial charge >= 0.3 is 0 Å². The Morgan fingerprint density at radius 2 is 1.92 bits per heavy atom. The van der Waals surface area contributed by atoms with Crippen LogP contribution < -0.4 is 0 Å². The van der Waals surface area contributed by atoms with E-state index in [0.717, 1.165) is 6.42 Å². The van der Waals surface area contributed by atoms with Crippen LogP contribution in [0.5, 0.6) is 0 Å². The van der Waals surface area contributed by atoms with Gasteiger partial charge < -0.3 is 4.79 Å². The zero-order chi connectivity index (χ0) is 10.1. The first-order valence-corrected chi connectivity index (χ1v) is 4.45. The molecule has 2 nitrogen and oxygen atoms in total. The van der Waals surface area contributed by atoms with Crippen LogP contribution in [0.1, 0.15) is 32.6 Å². The van der Waals surface area contributed by atoms with Crippen LogP contribution in [0.4, 0.5) is 0 Å². The van der Waals surface area contributed by atoms with Crippen LogP contribution in [0.25, 0.3) is 0 Å². The Morgan fingerprint density at radius 1 is 1.23 bits per heavy atom. The molecule has 0 spiro atoms. The molecule has 0 heterocycles. The normalized spacial score (nSPS) is 10.2. The van der Waals surface area contributed by atoms with E-state index in [1.165, 1.54) is 6.92 Å². The van der Waals surface area contributed by atoms with Gasteiger partial charge in [-0.2, -0.15) is 0 Å². The Morgan fingerprint density at radius 3 is 2.46 bits per heavy atom. The van der Waals surface area contributed by atoms with Gasteiger partial charge in [0.1, 0.15) is 11.6 Å². The molecule has 0 aromatic carbocycles. The molecular formula is C11H16O2. The fraction of sp³-hybridized carbons (Fsp3) is 0.455. The van der Waals surface area contributed by atoms with Crippen LogP contribution in [0.2, 0.25) is 0 Å². The van der Waals surface area contributed by atoms with E-state index >= 15 is 0 Å². The lowest BCUT2D eigenvalue weighted by Gasteiger charge is -1.95. The summed E-state index contributed by atoms with van der Waals surface area (Å²) in [6, 6.07) is 0. The summed E-state index contributed by atoms with van der Waals surface area (Å²) < 4.78 is 0. The monoisotopic (exact) mass is 180 g/mol. The summed E-state index contributed by atoms with van der Waals surface area (Å²) in [6.07, 6.45) is 7.43. The van der Waals surface area contributed by atoms with Crippen molar-refractivity contribution in [1.82, 2.24) is 0 Å². The molecule has 0 aliphatic heterocycles. The highest BCUT2D eigenvalue weighted by molar-refractivity contribution is 5.84. The van der Waals surface area contributed by atoms with E-state index in [4.69, 9.17) is 0 Å². The van der Waals surface area contributed by atoms with Crippen molar-refractivity contribution in [2.75, 3.05) is 0 Å². The molecule has 0 rings (SSSR count). The van der Waals surface area contributed by atoms with Crippen LogP contribution in [-0.2, 0) is 9.59 Å². The molecule has 0 aromatic heterocycles. The quantitative estimate of drug-likeness (QED) is 0.564. The van der Waals surface area contributed by atoms with Gasteiger partial charge in [0.15, 0.2) is 0 Å². The average Bonchev–Trinajstić information content (AvgIpc) is 2.09. The molecule has 0 aliphatic carbocycles. The molecule has 0 atom stereocenters. The van der Waals surface area contributed by atoms with Crippen LogP contribution in [0, 0.1) is 0 Å². The fourth-order valence-electron chi connectivity index (χ4n) is 0.877. The van der Waals surface area contributed by atoms with Crippen LogP contribution >= 0.6 is 0 Å². The largest absolute Gasteiger partial charge is 0.300 e. The first-order chi connectivity index (χ1) is 6.16. The van der Waals surface area contributed by atoms with E-state index in [2.05, 4.69) is 6.58 Å². The standard InChI is InChI=1S/C11H16O2/c1-3-4-5-6-7-11(13)9-8-10(2)12/h3-5H,1,6-9H2,2H3. The third kappa shape index (κ3) is 8.73. The molecule has 13 heavy (non-hydrogen) atoms. The van der Waals surface area contributed by atoms with Gasteiger partial charge in [-0.05, 0) is 13.3 Å². The highest BCUT2D eigenvalue weighted by atomic mass is 16.1. The minimum absolute atomic E-state index is 0.0787. The maximum atomic E-state index is 11.1. The van der Waals surface area contributed by atoms with E-state index in [0.29, 0.717) is 19.3 Å². The Bertz CT molecular complexity index is 214. The summed E-state index contributed by atoms with van der Waals surface area (Å²) in [6.45, 7) is 5.03. The number of Topliss-reactive ketones (excluding diaryl/α,β-unsaturated/α-hetero) is 2. The van der Waals surface area contributed by atoms with Crippen molar-refractivity contribution in [3.63, 3.8) is 0 Å². The summed E-state index contributed by atoms with van der Waals surface area (Å²) in [5.74, 6) is 0.235. The minimum Gasteiger partial charge on any atom is -0.300 e. The molecule has 0 saturated heterocycles. The van der Waals surface area contributed by atoms with Gasteiger partial charge in [-0.3, -0.25) is 4.79 Å². The molecular weight excluding hydrogens is 164 g/mol. The lowest BCUT2D eigenvalue weighted by Crippen LogP contribution is -2.00. The zero-order valence-electron chi connectivity index (χ0n) is 8.08. The van der Waals surface area contributed by atoms with Gasteiger partial charge in [0.2, 0.25) is 0 Å². The zero-order valence-corrected chi connectivity index (χ0v) is 8.08. The molecule has 0 unspecified atom stereocenters. The average molecular weight is 180 g/mol. The Kier molecular flexibility index (Phi) is 6.79. The van der Waals surface area contributed by atoms with Gasteiger partial charge in [-0.15, -0.1) is 0 Å². The topological polar surface area (TPSA) is 34.1 Å². The molecule has 0 amide bonds. The van der Waals surface area contributed by atoms with Gasteiger partial charge in [0, 0.05) is 19.3 Å². The van der Waals surface area contributed by atoms with E-state index in [-0.39, 0.29) is 11.6 Å². The SMILES string of the molecule is C=CC=CCCC(=O)CCC(C)=O. The fourth-order valence-corrected chi connectivity index (χ4v) is 0.877. The third-order valence-corrected chi connectivity index (χ3v) is 1.62. The van der Waals surface area contributed by atoms with Crippen LogP contribution in [-0.4, -0.2) is 11.6 Å². The number of allylic oxidation sites excluding steroid dienone is 3. The molecule has 2 heteroatoms. The Hall–Kier alpha value is -1.18. The van der Waals surface area contributed by atoms with Crippen molar-refractivity contribution < 1.29 is 9.59 Å². The van der Waals surface area contributed by atoms with E-state index in [9.17, 15) is 9.59 Å². The number of hydrogen-bond donors (Lipinski definition) is 0. The van der Waals surface area contributed by atoms with Gasteiger partial charge in [0.25, 0.3) is 0 Å². The maximum absolute atomic E-state index is 11.1. The van der Waals surface area contributed by atoms with Gasteiger partial charge in [-0.25, -0.2) is 0 Å². The molecule has 0 saturated carbocycles. The van der Waals surface area contributed by atoms with Gasteiger partial charge in [0.05, 0.1) is 0 Å². The van der Waals surface area contributed by atoms with Crippen molar-refractivity contribution in [2.45, 2.75) is 32.6 Å². The number of rotatable bonds is 7. The van der Waals surface area contributed by atoms with Crippen molar-refractivity contribution in [3.05, 3.63) is 24.8 Å². The maximum Gasteiger partial charge on any atom is 0.133 e. The number of ketones is 2. The molecule has 0 fully saturated rings. The van der Waals surface area contributed by atoms with Crippen molar-refractivity contribution >= 4 is 11.6 Å². The van der Waals surface area contributed by atoms with E-state index < -0.39 is 0 Å². The van der Waals surface area contributed by atoms with Crippen LogP contribution in [0.15, 0.2) is 24.8 Å². The Balaban J connectivity index is 3.46. The third-order valence-electron chi connectivity index (χ3n) is 1.62. The summed E-state index contributed by atoms with van der Waals surface area (Å²) in [5, 5.41) is 0. The van der Waals surface area contributed by atoms with Gasteiger partial charge in [-0.1, -0.05) is 24.8 Å². The Labute approximate surface area is 79.3 Å². The summed E-state index contributed by atoms with van der Waals surface area (Å²) in [4.78, 5) is 21.6. The smallest absolute Gasteiger partial charge is 0.133 e. The highest BCUT2D eigenvalue weighted by Gasteiger charge is 2.01. The molecule has 0 radical (unpaired) electrons. The van der Waals surface area contributed by atoms with E-state index in [1.807, 2.05) is 12.2 Å². The predicted molar refractivity (Wildman–Crippen MR) is 53.5 cm³/mol. The molecule has 0 aliphatic rings. The highest BCUT2D eigenvalue weighted by Crippen LogP contribution is 2.00. The van der Waals surface area contributed by atoms with E-state index in [1.54, 1.807) is 6.08 Å². The lowest BCUT2D eigenvalue weighted by atomic mass is 10.1.